The molecule has 0 bridgehead atoms. The molecule has 3 rings (SSSR count). The van der Waals surface area contributed by atoms with E-state index >= 15 is 0 Å². The lowest BCUT2D eigenvalue weighted by atomic mass is 10.1. The second kappa shape index (κ2) is 10.9. The molecule has 0 atom stereocenters. The van der Waals surface area contributed by atoms with Crippen LogP contribution in [0.3, 0.4) is 0 Å². The Morgan fingerprint density at radius 3 is 2.57 bits per heavy atom. The average Bonchev–Trinajstić information content (AvgIpc) is 3.18. The van der Waals surface area contributed by atoms with Gasteiger partial charge in [0, 0.05) is 30.0 Å². The molecule has 1 amide bonds. The molecule has 3 aromatic rings. The van der Waals surface area contributed by atoms with Gasteiger partial charge in [0.15, 0.2) is 6.61 Å². The van der Waals surface area contributed by atoms with Gasteiger partial charge in [0.05, 0.1) is 6.54 Å². The Bertz CT molecular complexity index is 950. The van der Waals surface area contributed by atoms with E-state index in [1.807, 2.05) is 11.0 Å². The molecule has 0 unspecified atom stereocenters. The van der Waals surface area contributed by atoms with Gasteiger partial charge in [-0.15, -0.1) is 0 Å². The van der Waals surface area contributed by atoms with Gasteiger partial charge in [-0.25, -0.2) is 0 Å². The molecule has 0 aliphatic heterocycles. The maximum absolute atomic E-state index is 12.9. The third-order valence-corrected chi connectivity index (χ3v) is 5.44. The zero-order valence-electron chi connectivity index (χ0n) is 17.7. The molecule has 0 saturated heterocycles. The standard InChI is InChI=1S/C25H29ClN2O2/c1-3-4-15-28(25(29)19-30-24-13-11-22(26)12-14-24)18-23-10-7-16-27(23)17-21-9-6-5-8-20(21)2/h5-14,16H,3-4,15,17-19H2,1-2H3. The molecular formula is C25H29ClN2O2. The molecule has 0 radical (unpaired) electrons. The van der Waals surface area contributed by atoms with Gasteiger partial charge >= 0.3 is 0 Å². The number of hydrogen-bond acceptors (Lipinski definition) is 2. The summed E-state index contributed by atoms with van der Waals surface area (Å²) in [7, 11) is 0. The molecule has 1 aromatic heterocycles. The summed E-state index contributed by atoms with van der Waals surface area (Å²) in [6.45, 7) is 6.36. The minimum atomic E-state index is -0.0120. The number of aromatic nitrogens is 1. The predicted molar refractivity (Wildman–Crippen MR) is 122 cm³/mol. The van der Waals surface area contributed by atoms with Crippen LogP contribution in [0.25, 0.3) is 0 Å². The first kappa shape index (κ1) is 22.0. The van der Waals surface area contributed by atoms with Crippen LogP contribution in [0.1, 0.15) is 36.6 Å². The van der Waals surface area contributed by atoms with E-state index in [2.05, 4.69) is 54.9 Å². The molecule has 0 aliphatic carbocycles. The number of rotatable bonds is 10. The normalized spacial score (nSPS) is 10.8. The molecule has 30 heavy (non-hydrogen) atoms. The number of amides is 1. The van der Waals surface area contributed by atoms with Crippen LogP contribution >= 0.6 is 11.6 Å². The third-order valence-electron chi connectivity index (χ3n) is 5.19. The number of unbranched alkanes of at least 4 members (excludes halogenated alkanes) is 1. The van der Waals surface area contributed by atoms with E-state index in [1.165, 1.54) is 11.1 Å². The van der Waals surface area contributed by atoms with E-state index in [9.17, 15) is 4.79 Å². The number of carbonyl (C=O) groups excluding carboxylic acids is 1. The van der Waals surface area contributed by atoms with Gasteiger partial charge in [0.1, 0.15) is 5.75 Å². The Hall–Kier alpha value is -2.72. The summed E-state index contributed by atoms with van der Waals surface area (Å²) < 4.78 is 7.90. The minimum absolute atomic E-state index is 0.0120. The van der Waals surface area contributed by atoms with Crippen LogP contribution in [-0.2, 0) is 17.9 Å². The lowest BCUT2D eigenvalue weighted by molar-refractivity contribution is -0.134. The molecule has 0 spiro atoms. The van der Waals surface area contributed by atoms with Gasteiger partial charge < -0.3 is 14.2 Å². The SMILES string of the molecule is CCCCN(Cc1cccn1Cc1ccccc1C)C(=O)COc1ccc(Cl)cc1. The van der Waals surface area contributed by atoms with Crippen molar-refractivity contribution in [3.8, 4) is 5.75 Å². The van der Waals surface area contributed by atoms with Crippen LogP contribution in [0.15, 0.2) is 66.9 Å². The highest BCUT2D eigenvalue weighted by molar-refractivity contribution is 6.30. The number of halogens is 1. The summed E-state index contributed by atoms with van der Waals surface area (Å²) in [6.07, 6.45) is 4.08. The molecule has 0 saturated carbocycles. The van der Waals surface area contributed by atoms with E-state index in [0.717, 1.165) is 31.6 Å². The fourth-order valence-electron chi connectivity index (χ4n) is 3.32. The van der Waals surface area contributed by atoms with Crippen molar-refractivity contribution in [2.75, 3.05) is 13.2 Å². The Morgan fingerprint density at radius 2 is 1.83 bits per heavy atom. The quantitative estimate of drug-likeness (QED) is 0.418. The highest BCUT2D eigenvalue weighted by atomic mass is 35.5. The Balaban J connectivity index is 1.67. The summed E-state index contributed by atoms with van der Waals surface area (Å²) in [5.74, 6) is 0.633. The number of ether oxygens (including phenoxy) is 1. The van der Waals surface area contributed by atoms with Crippen LogP contribution < -0.4 is 4.74 Å². The van der Waals surface area contributed by atoms with Gasteiger partial charge in [0.25, 0.3) is 5.91 Å². The van der Waals surface area contributed by atoms with Gasteiger partial charge in [-0.2, -0.15) is 0 Å². The van der Waals surface area contributed by atoms with Crippen molar-refractivity contribution in [3.05, 3.63) is 88.7 Å². The van der Waals surface area contributed by atoms with Crippen LogP contribution in [0.2, 0.25) is 5.02 Å². The molecule has 0 aliphatic rings. The van der Waals surface area contributed by atoms with Crippen LogP contribution in [0.5, 0.6) is 5.75 Å². The van der Waals surface area contributed by atoms with Crippen molar-refractivity contribution in [2.45, 2.75) is 39.8 Å². The fraction of sp³-hybridized carbons (Fsp3) is 0.320. The van der Waals surface area contributed by atoms with Crippen molar-refractivity contribution < 1.29 is 9.53 Å². The Morgan fingerprint density at radius 1 is 1.07 bits per heavy atom. The monoisotopic (exact) mass is 424 g/mol. The Kier molecular flexibility index (Phi) is 7.97. The smallest absolute Gasteiger partial charge is 0.260 e. The van der Waals surface area contributed by atoms with Crippen molar-refractivity contribution in [1.82, 2.24) is 9.47 Å². The van der Waals surface area contributed by atoms with Crippen molar-refractivity contribution in [3.63, 3.8) is 0 Å². The summed E-state index contributed by atoms with van der Waals surface area (Å²) in [4.78, 5) is 14.8. The summed E-state index contributed by atoms with van der Waals surface area (Å²) in [5, 5.41) is 0.646. The van der Waals surface area contributed by atoms with Crippen molar-refractivity contribution in [1.29, 1.82) is 0 Å². The van der Waals surface area contributed by atoms with E-state index in [4.69, 9.17) is 16.3 Å². The number of aryl methyl sites for hydroxylation is 1. The fourth-order valence-corrected chi connectivity index (χ4v) is 3.45. The number of benzene rings is 2. The van der Waals surface area contributed by atoms with Crippen molar-refractivity contribution >= 4 is 17.5 Å². The van der Waals surface area contributed by atoms with E-state index in [-0.39, 0.29) is 12.5 Å². The molecule has 158 valence electrons. The zero-order valence-corrected chi connectivity index (χ0v) is 18.4. The molecular weight excluding hydrogens is 396 g/mol. The van der Waals surface area contributed by atoms with Crippen LogP contribution in [-0.4, -0.2) is 28.5 Å². The summed E-state index contributed by atoms with van der Waals surface area (Å²) in [5.41, 5.74) is 3.68. The first-order valence-corrected chi connectivity index (χ1v) is 10.8. The summed E-state index contributed by atoms with van der Waals surface area (Å²) >= 11 is 5.91. The van der Waals surface area contributed by atoms with Gasteiger partial charge in [-0.1, -0.05) is 49.2 Å². The highest BCUT2D eigenvalue weighted by Gasteiger charge is 2.16. The molecule has 0 N–H and O–H groups in total. The van der Waals surface area contributed by atoms with Crippen molar-refractivity contribution in [2.24, 2.45) is 0 Å². The molecule has 0 fully saturated rings. The zero-order chi connectivity index (χ0) is 21.3. The predicted octanol–water partition coefficient (Wildman–Crippen LogP) is 5.71. The lowest BCUT2D eigenvalue weighted by Gasteiger charge is -2.24. The molecule has 1 heterocycles. The Labute approximate surface area is 184 Å². The first-order chi connectivity index (χ1) is 14.6. The molecule has 5 heteroatoms. The van der Waals surface area contributed by atoms with E-state index < -0.39 is 0 Å². The third kappa shape index (κ3) is 6.14. The molecule has 2 aromatic carbocycles. The van der Waals surface area contributed by atoms with Gasteiger partial charge in [0.2, 0.25) is 0 Å². The van der Waals surface area contributed by atoms with Gasteiger partial charge in [-0.3, -0.25) is 4.79 Å². The highest BCUT2D eigenvalue weighted by Crippen LogP contribution is 2.17. The first-order valence-electron chi connectivity index (χ1n) is 10.4. The number of nitrogens with zero attached hydrogens (tertiary/aromatic N) is 2. The minimum Gasteiger partial charge on any atom is -0.484 e. The second-order valence-electron chi connectivity index (χ2n) is 7.47. The van der Waals surface area contributed by atoms with E-state index in [0.29, 0.717) is 17.3 Å². The van der Waals surface area contributed by atoms with Crippen LogP contribution in [0, 0.1) is 6.92 Å². The molecule has 4 nitrogen and oxygen atoms in total. The number of hydrogen-bond donors (Lipinski definition) is 0. The topological polar surface area (TPSA) is 34.5 Å². The lowest BCUT2D eigenvalue weighted by Crippen LogP contribution is -2.36. The second-order valence-corrected chi connectivity index (χ2v) is 7.90. The average molecular weight is 425 g/mol. The summed E-state index contributed by atoms with van der Waals surface area (Å²) in [6, 6.07) is 19.6. The van der Waals surface area contributed by atoms with E-state index in [1.54, 1.807) is 24.3 Å². The van der Waals surface area contributed by atoms with Gasteiger partial charge in [-0.05, 0) is 60.9 Å². The largest absolute Gasteiger partial charge is 0.484 e. The maximum atomic E-state index is 12.9. The maximum Gasteiger partial charge on any atom is 0.260 e. The van der Waals surface area contributed by atoms with Crippen LogP contribution in [0.4, 0.5) is 0 Å². The number of carbonyl (C=O) groups is 1.